The monoisotopic (exact) mass is 381 g/mol. The molecule has 0 saturated carbocycles. The average Bonchev–Trinajstić information content (AvgIpc) is 3.26. The quantitative estimate of drug-likeness (QED) is 0.556. The van der Waals surface area contributed by atoms with Crippen molar-refractivity contribution in [3.8, 4) is 5.82 Å². The minimum atomic E-state index is -0.698. The molecule has 0 radical (unpaired) electrons. The molecule has 4 aromatic rings. The van der Waals surface area contributed by atoms with Crippen LogP contribution in [0.2, 0.25) is 0 Å². The molecule has 8 nitrogen and oxygen atoms in total. The van der Waals surface area contributed by atoms with Crippen LogP contribution in [0.1, 0.15) is 29.2 Å². The Morgan fingerprint density at radius 3 is 2.89 bits per heavy atom. The van der Waals surface area contributed by atoms with Gasteiger partial charge in [0, 0.05) is 24.0 Å². The lowest BCUT2D eigenvalue weighted by molar-refractivity contribution is -0.116. The van der Waals surface area contributed by atoms with E-state index < -0.39 is 17.6 Å². The van der Waals surface area contributed by atoms with Crippen LogP contribution in [0.25, 0.3) is 17.0 Å². The SMILES string of the molecule is Cc1nn(-c2ncnc3nc[nH]c23)c2c1[C@@H](c1ccc(F)cc1F)CC(=O)N2. The zero-order valence-electron chi connectivity index (χ0n) is 14.6. The average molecular weight is 381 g/mol. The van der Waals surface area contributed by atoms with Gasteiger partial charge in [0.2, 0.25) is 5.91 Å². The van der Waals surface area contributed by atoms with Crippen molar-refractivity contribution in [1.29, 1.82) is 0 Å². The number of benzene rings is 1. The summed E-state index contributed by atoms with van der Waals surface area (Å²) >= 11 is 0. The predicted octanol–water partition coefficient (Wildman–Crippen LogP) is 2.60. The van der Waals surface area contributed by atoms with Crippen molar-refractivity contribution in [2.75, 3.05) is 5.32 Å². The van der Waals surface area contributed by atoms with Crippen molar-refractivity contribution in [1.82, 2.24) is 29.7 Å². The zero-order chi connectivity index (χ0) is 19.4. The van der Waals surface area contributed by atoms with Gasteiger partial charge in [-0.3, -0.25) is 4.79 Å². The molecule has 1 aliphatic heterocycles. The molecule has 2 N–H and O–H groups in total. The Morgan fingerprint density at radius 2 is 2.07 bits per heavy atom. The molecule has 1 aliphatic rings. The summed E-state index contributed by atoms with van der Waals surface area (Å²) in [5.41, 5.74) is 2.52. The number of nitrogens with one attached hydrogen (secondary N) is 2. The number of aryl methyl sites for hydroxylation is 1. The largest absolute Gasteiger partial charge is 0.340 e. The fraction of sp³-hybridized carbons (Fsp3) is 0.167. The molecule has 0 spiro atoms. The molecule has 140 valence electrons. The molecule has 1 atom stereocenters. The highest BCUT2D eigenvalue weighted by Gasteiger charge is 2.34. The number of hydrogen-bond donors (Lipinski definition) is 2. The van der Waals surface area contributed by atoms with Crippen molar-refractivity contribution >= 4 is 22.9 Å². The first-order chi connectivity index (χ1) is 13.5. The van der Waals surface area contributed by atoms with Gasteiger partial charge < -0.3 is 10.3 Å². The molecule has 5 rings (SSSR count). The molecule has 1 amide bonds. The van der Waals surface area contributed by atoms with E-state index in [2.05, 4.69) is 30.4 Å². The number of imidazole rings is 1. The molecule has 0 bridgehead atoms. The van der Waals surface area contributed by atoms with Crippen LogP contribution >= 0.6 is 0 Å². The number of aromatic amines is 1. The molecule has 4 heterocycles. The molecule has 0 fully saturated rings. The van der Waals surface area contributed by atoms with Gasteiger partial charge in [-0.05, 0) is 18.6 Å². The molecule has 3 aromatic heterocycles. The summed E-state index contributed by atoms with van der Waals surface area (Å²) < 4.78 is 29.3. The molecular formula is C18H13F2N7O. The summed E-state index contributed by atoms with van der Waals surface area (Å²) in [4.78, 5) is 27.8. The van der Waals surface area contributed by atoms with Gasteiger partial charge in [-0.1, -0.05) is 6.07 Å². The summed E-state index contributed by atoms with van der Waals surface area (Å²) in [5.74, 6) is -1.44. The fourth-order valence-corrected chi connectivity index (χ4v) is 3.66. The Balaban J connectivity index is 1.73. The van der Waals surface area contributed by atoms with Crippen LogP contribution in [-0.2, 0) is 4.79 Å². The topological polar surface area (TPSA) is 101 Å². The number of H-pyrrole nitrogens is 1. The lowest BCUT2D eigenvalue weighted by Gasteiger charge is -2.24. The van der Waals surface area contributed by atoms with E-state index in [1.165, 1.54) is 29.5 Å². The fourth-order valence-electron chi connectivity index (χ4n) is 3.66. The van der Waals surface area contributed by atoms with Gasteiger partial charge in [0.25, 0.3) is 0 Å². The summed E-state index contributed by atoms with van der Waals surface area (Å²) in [6, 6.07) is 3.37. The van der Waals surface area contributed by atoms with Gasteiger partial charge in [-0.15, -0.1) is 0 Å². The van der Waals surface area contributed by atoms with Gasteiger partial charge in [0.05, 0.1) is 12.0 Å². The van der Waals surface area contributed by atoms with Gasteiger partial charge in [0.1, 0.15) is 29.3 Å². The maximum Gasteiger partial charge on any atom is 0.226 e. The third-order valence-electron chi connectivity index (χ3n) is 4.84. The van der Waals surface area contributed by atoms with Gasteiger partial charge in [-0.2, -0.15) is 9.78 Å². The van der Waals surface area contributed by atoms with Crippen LogP contribution in [0, 0.1) is 18.6 Å². The Hall–Kier alpha value is -3.69. The highest BCUT2D eigenvalue weighted by molar-refractivity contribution is 5.95. The molecule has 0 unspecified atom stereocenters. The smallest absolute Gasteiger partial charge is 0.226 e. The van der Waals surface area contributed by atoms with E-state index in [0.29, 0.717) is 34.1 Å². The minimum Gasteiger partial charge on any atom is -0.340 e. The summed E-state index contributed by atoms with van der Waals surface area (Å²) in [7, 11) is 0. The standard InChI is InChI=1S/C18H13F2N7O/c1-8-14-11(10-3-2-9(19)4-12(10)20)5-13(28)25-17(14)27(26-8)18-15-16(22-6-21-15)23-7-24-18/h2-4,6-7,11H,5H2,1H3,(H,25,28)(H,21,22,23,24)/t11-/m1/s1. The summed E-state index contributed by atoms with van der Waals surface area (Å²) in [6.07, 6.45) is 2.87. The Morgan fingerprint density at radius 1 is 1.21 bits per heavy atom. The Kier molecular flexibility index (Phi) is 3.48. The lowest BCUT2D eigenvalue weighted by Crippen LogP contribution is -2.25. The van der Waals surface area contributed by atoms with Crippen molar-refractivity contribution in [3.05, 3.63) is 59.3 Å². The Bertz CT molecular complexity index is 1250. The molecule has 1 aromatic carbocycles. The number of nitrogens with zero attached hydrogens (tertiary/aromatic N) is 5. The first-order valence-corrected chi connectivity index (χ1v) is 8.51. The second-order valence-electron chi connectivity index (χ2n) is 6.53. The van der Waals surface area contributed by atoms with Crippen molar-refractivity contribution in [3.63, 3.8) is 0 Å². The summed E-state index contributed by atoms with van der Waals surface area (Å²) in [5, 5.41) is 7.32. The van der Waals surface area contributed by atoms with Crippen LogP contribution < -0.4 is 5.32 Å². The van der Waals surface area contributed by atoms with Crippen LogP contribution in [0.4, 0.5) is 14.6 Å². The molecule has 0 aliphatic carbocycles. The van der Waals surface area contributed by atoms with Crippen molar-refractivity contribution in [2.45, 2.75) is 19.3 Å². The zero-order valence-corrected chi connectivity index (χ0v) is 14.6. The van der Waals surface area contributed by atoms with E-state index in [-0.39, 0.29) is 17.9 Å². The van der Waals surface area contributed by atoms with Crippen LogP contribution in [-0.4, -0.2) is 35.6 Å². The number of carbonyl (C=O) groups is 1. The first-order valence-electron chi connectivity index (χ1n) is 8.51. The van der Waals surface area contributed by atoms with E-state index in [4.69, 9.17) is 0 Å². The van der Waals surface area contributed by atoms with Gasteiger partial charge >= 0.3 is 0 Å². The van der Waals surface area contributed by atoms with Crippen molar-refractivity contribution < 1.29 is 13.6 Å². The molecule has 28 heavy (non-hydrogen) atoms. The van der Waals surface area contributed by atoms with Crippen LogP contribution in [0.3, 0.4) is 0 Å². The molecule has 10 heteroatoms. The normalized spacial score (nSPS) is 16.2. The number of hydrogen-bond acceptors (Lipinski definition) is 5. The molecular weight excluding hydrogens is 368 g/mol. The first kappa shape index (κ1) is 16.5. The van der Waals surface area contributed by atoms with Crippen LogP contribution in [0.15, 0.2) is 30.9 Å². The van der Waals surface area contributed by atoms with Crippen molar-refractivity contribution in [2.24, 2.45) is 0 Å². The molecule has 0 saturated heterocycles. The number of amides is 1. The van der Waals surface area contributed by atoms with Crippen LogP contribution in [0.5, 0.6) is 0 Å². The Labute approximate surface area is 156 Å². The predicted molar refractivity (Wildman–Crippen MR) is 95.0 cm³/mol. The van der Waals surface area contributed by atoms with E-state index in [1.807, 2.05) is 0 Å². The van der Waals surface area contributed by atoms with E-state index >= 15 is 0 Å². The lowest BCUT2D eigenvalue weighted by atomic mass is 9.85. The highest BCUT2D eigenvalue weighted by Crippen LogP contribution is 2.41. The third-order valence-corrected chi connectivity index (χ3v) is 4.84. The number of halogens is 2. The maximum absolute atomic E-state index is 14.5. The maximum atomic E-state index is 14.5. The second kappa shape index (κ2) is 5.91. The minimum absolute atomic E-state index is 0.0331. The van der Waals surface area contributed by atoms with E-state index in [9.17, 15) is 13.6 Å². The highest BCUT2D eigenvalue weighted by atomic mass is 19.1. The van der Waals surface area contributed by atoms with E-state index in [0.717, 1.165) is 6.07 Å². The van der Waals surface area contributed by atoms with E-state index in [1.54, 1.807) is 6.92 Å². The number of aromatic nitrogens is 6. The number of rotatable bonds is 2. The second-order valence-corrected chi connectivity index (χ2v) is 6.53. The van der Waals surface area contributed by atoms with Gasteiger partial charge in [0.15, 0.2) is 11.5 Å². The number of fused-ring (bicyclic) bond motifs is 2. The van der Waals surface area contributed by atoms with Gasteiger partial charge in [-0.25, -0.2) is 23.7 Å². The number of carbonyl (C=O) groups excluding carboxylic acids is 1. The summed E-state index contributed by atoms with van der Waals surface area (Å²) in [6.45, 7) is 1.77. The third kappa shape index (κ3) is 2.38. The number of anilines is 1.